The Labute approximate surface area is 168 Å². The smallest absolute Gasteiger partial charge is 0.345 e. The standard InChI is InChI=1S/C21H25NO5S/c1-2-3-16(23)13-4-6-14(7-5-13)20(17-9-10-18(28-17)21(25)26)27-12-15-8-11-19(24)22-15/h4-7,9-10,15-16,20,23H,2-3,8,11-12H2,1H3,(H,22,24)(H,25,26)/t15?,16?,20-/m1/s1. The van der Waals surface area contributed by atoms with Crippen molar-refractivity contribution in [3.8, 4) is 0 Å². The van der Waals surface area contributed by atoms with Gasteiger partial charge in [-0.25, -0.2) is 4.79 Å². The van der Waals surface area contributed by atoms with E-state index < -0.39 is 18.2 Å². The van der Waals surface area contributed by atoms with Gasteiger partial charge >= 0.3 is 5.97 Å². The molecule has 2 aromatic rings. The molecule has 1 aliphatic rings. The molecule has 1 saturated heterocycles. The summed E-state index contributed by atoms with van der Waals surface area (Å²) < 4.78 is 6.13. The first kappa shape index (κ1) is 20.5. The van der Waals surface area contributed by atoms with E-state index in [1.165, 1.54) is 11.3 Å². The number of aliphatic hydroxyl groups is 1. The SMILES string of the molecule is CCCC(O)c1ccc([C@@H](OCC2CCC(=O)N2)c2ccc(C(=O)O)s2)cc1. The number of benzene rings is 1. The third kappa shape index (κ3) is 4.98. The van der Waals surface area contributed by atoms with Crippen molar-refractivity contribution in [3.63, 3.8) is 0 Å². The second-order valence-corrected chi connectivity index (χ2v) is 8.11. The highest BCUT2D eigenvalue weighted by Crippen LogP contribution is 2.33. The molecule has 0 spiro atoms. The van der Waals surface area contributed by atoms with Gasteiger partial charge in [-0.1, -0.05) is 37.6 Å². The summed E-state index contributed by atoms with van der Waals surface area (Å²) in [4.78, 5) is 23.7. The minimum absolute atomic E-state index is 0.0282. The van der Waals surface area contributed by atoms with Gasteiger partial charge in [0.1, 0.15) is 11.0 Å². The van der Waals surface area contributed by atoms with Gasteiger partial charge < -0.3 is 20.3 Å². The molecule has 0 saturated carbocycles. The summed E-state index contributed by atoms with van der Waals surface area (Å²) in [5.74, 6) is -0.931. The van der Waals surface area contributed by atoms with Crippen LogP contribution in [0.3, 0.4) is 0 Å². The Morgan fingerprint density at radius 1 is 1.25 bits per heavy atom. The lowest BCUT2D eigenvalue weighted by Crippen LogP contribution is -2.30. The predicted octanol–water partition coefficient (Wildman–Crippen LogP) is 3.66. The fourth-order valence-corrected chi connectivity index (χ4v) is 4.22. The van der Waals surface area contributed by atoms with Crippen LogP contribution in [-0.4, -0.2) is 34.7 Å². The lowest BCUT2D eigenvalue weighted by molar-refractivity contribution is -0.119. The first-order valence-corrected chi connectivity index (χ1v) is 10.3. The number of hydrogen-bond acceptors (Lipinski definition) is 5. The summed E-state index contributed by atoms with van der Waals surface area (Å²) in [6.07, 6.45) is 1.92. The summed E-state index contributed by atoms with van der Waals surface area (Å²) >= 11 is 1.18. The second-order valence-electron chi connectivity index (χ2n) is 6.99. The van der Waals surface area contributed by atoms with Crippen molar-refractivity contribution in [2.24, 2.45) is 0 Å². The quantitative estimate of drug-likeness (QED) is 0.594. The molecular formula is C21H25NO5S. The highest BCUT2D eigenvalue weighted by molar-refractivity contribution is 7.14. The Hall–Kier alpha value is -2.22. The van der Waals surface area contributed by atoms with Crippen molar-refractivity contribution in [1.29, 1.82) is 0 Å². The Bertz CT molecular complexity index is 816. The van der Waals surface area contributed by atoms with Crippen LogP contribution in [0.2, 0.25) is 0 Å². The van der Waals surface area contributed by atoms with E-state index in [0.717, 1.165) is 28.8 Å². The maximum Gasteiger partial charge on any atom is 0.345 e. The van der Waals surface area contributed by atoms with Gasteiger partial charge in [0.25, 0.3) is 0 Å². The molecule has 0 aliphatic carbocycles. The first-order chi connectivity index (χ1) is 13.5. The van der Waals surface area contributed by atoms with Crippen LogP contribution < -0.4 is 5.32 Å². The molecule has 2 unspecified atom stereocenters. The number of ether oxygens (including phenoxy) is 1. The molecule has 6 nitrogen and oxygen atoms in total. The number of aliphatic hydroxyl groups excluding tert-OH is 1. The molecule has 0 radical (unpaired) electrons. The van der Waals surface area contributed by atoms with Crippen LogP contribution in [0.4, 0.5) is 0 Å². The van der Waals surface area contributed by atoms with E-state index in [2.05, 4.69) is 5.32 Å². The van der Waals surface area contributed by atoms with Crippen molar-refractivity contribution < 1.29 is 24.5 Å². The molecule has 3 rings (SSSR count). The van der Waals surface area contributed by atoms with Gasteiger partial charge in [0, 0.05) is 11.3 Å². The van der Waals surface area contributed by atoms with Crippen molar-refractivity contribution in [1.82, 2.24) is 5.32 Å². The fourth-order valence-electron chi connectivity index (χ4n) is 3.30. The van der Waals surface area contributed by atoms with Crippen LogP contribution in [0.25, 0.3) is 0 Å². The lowest BCUT2D eigenvalue weighted by Gasteiger charge is -2.20. The second kappa shape index (κ2) is 9.32. The third-order valence-electron chi connectivity index (χ3n) is 4.83. The highest BCUT2D eigenvalue weighted by atomic mass is 32.1. The third-order valence-corrected chi connectivity index (χ3v) is 5.95. The van der Waals surface area contributed by atoms with Crippen LogP contribution in [-0.2, 0) is 9.53 Å². The van der Waals surface area contributed by atoms with Crippen molar-refractivity contribution >= 4 is 23.2 Å². The van der Waals surface area contributed by atoms with Gasteiger partial charge in [0.05, 0.1) is 18.8 Å². The van der Waals surface area contributed by atoms with Gasteiger partial charge in [-0.2, -0.15) is 0 Å². The number of amides is 1. The number of hydrogen-bond donors (Lipinski definition) is 3. The number of carbonyl (C=O) groups excluding carboxylic acids is 1. The lowest BCUT2D eigenvalue weighted by atomic mass is 10.0. The first-order valence-electron chi connectivity index (χ1n) is 9.49. The Kier molecular flexibility index (Phi) is 6.83. The Morgan fingerprint density at radius 3 is 2.54 bits per heavy atom. The molecule has 3 atom stereocenters. The van der Waals surface area contributed by atoms with Crippen molar-refractivity contribution in [2.45, 2.75) is 50.9 Å². The zero-order chi connectivity index (χ0) is 20.1. The predicted molar refractivity (Wildman–Crippen MR) is 107 cm³/mol. The fraction of sp³-hybridized carbons (Fsp3) is 0.429. The zero-order valence-electron chi connectivity index (χ0n) is 15.8. The molecule has 1 amide bonds. The topological polar surface area (TPSA) is 95.9 Å². The van der Waals surface area contributed by atoms with Crippen LogP contribution >= 0.6 is 11.3 Å². The molecule has 1 aromatic heterocycles. The van der Waals surface area contributed by atoms with Crippen molar-refractivity contribution in [3.05, 3.63) is 57.3 Å². The monoisotopic (exact) mass is 403 g/mol. The molecule has 1 aromatic carbocycles. The molecule has 150 valence electrons. The largest absolute Gasteiger partial charge is 0.477 e. The number of aromatic carboxylic acids is 1. The van der Waals surface area contributed by atoms with E-state index in [0.29, 0.717) is 19.4 Å². The number of rotatable bonds is 9. The van der Waals surface area contributed by atoms with Gasteiger partial charge in [0.2, 0.25) is 5.91 Å². The maximum absolute atomic E-state index is 11.4. The van der Waals surface area contributed by atoms with Gasteiger partial charge in [-0.15, -0.1) is 11.3 Å². The van der Waals surface area contributed by atoms with Gasteiger partial charge in [-0.3, -0.25) is 4.79 Å². The van der Waals surface area contributed by atoms with Gasteiger partial charge in [-0.05, 0) is 36.1 Å². The number of carbonyl (C=O) groups is 2. The average molecular weight is 404 g/mol. The summed E-state index contributed by atoms with van der Waals surface area (Å²) in [7, 11) is 0. The van der Waals surface area contributed by atoms with E-state index in [1.54, 1.807) is 12.1 Å². The number of carboxylic acids is 1. The summed E-state index contributed by atoms with van der Waals surface area (Å²) in [6.45, 7) is 2.39. The number of carboxylic acid groups (broad SMARTS) is 1. The Balaban J connectivity index is 1.80. The molecule has 28 heavy (non-hydrogen) atoms. The molecule has 1 fully saturated rings. The highest BCUT2D eigenvalue weighted by Gasteiger charge is 2.25. The molecule has 7 heteroatoms. The minimum Gasteiger partial charge on any atom is -0.477 e. The van der Waals surface area contributed by atoms with Crippen LogP contribution in [0.15, 0.2) is 36.4 Å². The van der Waals surface area contributed by atoms with Crippen LogP contribution in [0.1, 0.15) is 70.5 Å². The minimum atomic E-state index is -0.962. The molecule has 1 aliphatic heterocycles. The molecule has 2 heterocycles. The van der Waals surface area contributed by atoms with Gasteiger partial charge in [0.15, 0.2) is 0 Å². The van der Waals surface area contributed by atoms with E-state index >= 15 is 0 Å². The number of nitrogens with one attached hydrogen (secondary N) is 1. The molecule has 3 N–H and O–H groups in total. The Morgan fingerprint density at radius 2 is 1.96 bits per heavy atom. The summed E-state index contributed by atoms with van der Waals surface area (Å²) in [5.41, 5.74) is 1.74. The van der Waals surface area contributed by atoms with Crippen LogP contribution in [0, 0.1) is 0 Å². The van der Waals surface area contributed by atoms with Crippen LogP contribution in [0.5, 0.6) is 0 Å². The summed E-state index contributed by atoms with van der Waals surface area (Å²) in [5, 5.41) is 22.3. The zero-order valence-corrected chi connectivity index (χ0v) is 16.6. The van der Waals surface area contributed by atoms with E-state index in [1.807, 2.05) is 31.2 Å². The van der Waals surface area contributed by atoms with Crippen molar-refractivity contribution in [2.75, 3.05) is 6.61 Å². The molecule has 0 bridgehead atoms. The van der Waals surface area contributed by atoms with E-state index in [-0.39, 0.29) is 16.8 Å². The average Bonchev–Trinajstić information content (AvgIpc) is 3.32. The maximum atomic E-state index is 11.4. The van der Waals surface area contributed by atoms with E-state index in [9.17, 15) is 19.8 Å². The summed E-state index contributed by atoms with van der Waals surface area (Å²) in [6, 6.07) is 10.9. The number of thiophene rings is 1. The van der Waals surface area contributed by atoms with E-state index in [4.69, 9.17) is 4.74 Å². The molecular weight excluding hydrogens is 378 g/mol. The normalized spacial score (nSPS) is 18.6.